The first-order valence-electron chi connectivity index (χ1n) is 7.11. The molecule has 0 fully saturated rings. The summed E-state index contributed by atoms with van der Waals surface area (Å²) in [5, 5.41) is 0. The number of hydrogen-bond acceptors (Lipinski definition) is 0. The Balaban J connectivity index is 2.49. The predicted molar refractivity (Wildman–Crippen MR) is 81.1 cm³/mol. The largest absolute Gasteiger partial charge is 0.331 e. The predicted octanol–water partition coefficient (Wildman–Crippen LogP) is 0.779. The summed E-state index contributed by atoms with van der Waals surface area (Å²) in [7, 11) is 0. The van der Waals surface area contributed by atoms with Gasteiger partial charge in [-0.1, -0.05) is 34.1 Å². The van der Waals surface area contributed by atoms with Crippen molar-refractivity contribution >= 4 is 15.9 Å². The number of quaternary nitrogens is 2. The zero-order valence-corrected chi connectivity index (χ0v) is 13.5. The fourth-order valence-electron chi connectivity index (χ4n) is 2.26. The monoisotopic (exact) mass is 314 g/mol. The van der Waals surface area contributed by atoms with Crippen LogP contribution in [0.2, 0.25) is 0 Å². The van der Waals surface area contributed by atoms with Gasteiger partial charge < -0.3 is 9.80 Å². The van der Waals surface area contributed by atoms with Crippen molar-refractivity contribution in [3.8, 4) is 0 Å². The summed E-state index contributed by atoms with van der Waals surface area (Å²) in [4.78, 5) is 3.37. The Morgan fingerprint density at radius 3 is 2.00 bits per heavy atom. The van der Waals surface area contributed by atoms with Crippen molar-refractivity contribution in [2.24, 2.45) is 0 Å². The smallest absolute Gasteiger partial charge is 0.127 e. The highest BCUT2D eigenvalue weighted by molar-refractivity contribution is 9.10. The van der Waals surface area contributed by atoms with Crippen LogP contribution in [0.3, 0.4) is 0 Å². The number of hydrogen-bond donors (Lipinski definition) is 2. The van der Waals surface area contributed by atoms with Crippen LogP contribution >= 0.6 is 15.9 Å². The van der Waals surface area contributed by atoms with E-state index >= 15 is 0 Å². The van der Waals surface area contributed by atoms with Gasteiger partial charge in [0.1, 0.15) is 19.6 Å². The van der Waals surface area contributed by atoms with Crippen molar-refractivity contribution in [3.05, 3.63) is 34.3 Å². The zero-order valence-electron chi connectivity index (χ0n) is 11.9. The van der Waals surface area contributed by atoms with Crippen LogP contribution in [0.4, 0.5) is 0 Å². The topological polar surface area (TPSA) is 8.88 Å². The van der Waals surface area contributed by atoms with E-state index < -0.39 is 0 Å². The number of benzene rings is 1. The molecule has 102 valence electrons. The van der Waals surface area contributed by atoms with Gasteiger partial charge in [-0.15, -0.1) is 0 Å². The summed E-state index contributed by atoms with van der Waals surface area (Å²) in [6, 6.07) is 8.57. The first kappa shape index (κ1) is 15.7. The molecule has 0 amide bonds. The van der Waals surface area contributed by atoms with E-state index in [0.717, 1.165) is 6.54 Å². The van der Waals surface area contributed by atoms with Crippen LogP contribution in [0.15, 0.2) is 28.7 Å². The normalized spacial score (nSPS) is 12.9. The molecule has 2 nitrogen and oxygen atoms in total. The molecule has 2 N–H and O–H groups in total. The van der Waals surface area contributed by atoms with Gasteiger partial charge in [-0.3, -0.25) is 0 Å². The second-order valence-electron chi connectivity index (χ2n) is 4.83. The highest BCUT2D eigenvalue weighted by Crippen LogP contribution is 2.14. The van der Waals surface area contributed by atoms with Crippen molar-refractivity contribution in [1.29, 1.82) is 0 Å². The van der Waals surface area contributed by atoms with Crippen molar-refractivity contribution in [1.82, 2.24) is 0 Å². The third-order valence-electron chi connectivity index (χ3n) is 3.73. The standard InChI is InChI=1S/C15H25BrN2/c1-4-17(5-2)11-12-18(6-3)13-14-9-7-8-10-15(14)16/h7-10H,4-6,11-13H2,1-3H3/p+2. The minimum Gasteiger partial charge on any atom is -0.331 e. The van der Waals surface area contributed by atoms with Gasteiger partial charge >= 0.3 is 0 Å². The minimum absolute atomic E-state index is 1.12. The Morgan fingerprint density at radius 1 is 0.889 bits per heavy atom. The van der Waals surface area contributed by atoms with Crippen LogP contribution in [0, 0.1) is 0 Å². The quantitative estimate of drug-likeness (QED) is 0.702. The zero-order chi connectivity index (χ0) is 13.4. The third kappa shape index (κ3) is 5.09. The number of likely N-dealkylation sites (N-methyl/N-ethyl adjacent to an activating group) is 2. The SMILES string of the molecule is CC[NH+](CC)CC[NH+](CC)Cc1ccccc1Br. The van der Waals surface area contributed by atoms with E-state index in [-0.39, 0.29) is 0 Å². The summed E-state index contributed by atoms with van der Waals surface area (Å²) in [6.07, 6.45) is 0. The molecule has 0 radical (unpaired) electrons. The van der Waals surface area contributed by atoms with Gasteiger partial charge in [0, 0.05) is 10.0 Å². The number of nitrogens with one attached hydrogen (secondary N) is 2. The average molecular weight is 315 g/mol. The van der Waals surface area contributed by atoms with Gasteiger partial charge in [0.15, 0.2) is 0 Å². The molecule has 1 atom stereocenters. The van der Waals surface area contributed by atoms with Gasteiger partial charge in [0.05, 0.1) is 19.6 Å². The maximum absolute atomic E-state index is 3.64. The van der Waals surface area contributed by atoms with Crippen molar-refractivity contribution in [2.45, 2.75) is 27.3 Å². The van der Waals surface area contributed by atoms with Gasteiger partial charge in [-0.2, -0.15) is 0 Å². The molecule has 1 unspecified atom stereocenters. The molecule has 0 aliphatic heterocycles. The fourth-order valence-corrected chi connectivity index (χ4v) is 2.68. The molecule has 18 heavy (non-hydrogen) atoms. The molecule has 0 spiro atoms. The molecule has 0 aliphatic carbocycles. The number of rotatable bonds is 8. The summed E-state index contributed by atoms with van der Waals surface area (Å²) < 4.78 is 1.24. The maximum Gasteiger partial charge on any atom is 0.127 e. The Morgan fingerprint density at radius 2 is 1.44 bits per heavy atom. The molecule has 3 heteroatoms. The summed E-state index contributed by atoms with van der Waals surface area (Å²) >= 11 is 3.64. The maximum atomic E-state index is 3.64. The van der Waals surface area contributed by atoms with Crippen LogP contribution in [0.5, 0.6) is 0 Å². The molecule has 0 saturated carbocycles. The Hall–Kier alpha value is -0.380. The van der Waals surface area contributed by atoms with Crippen LogP contribution < -0.4 is 9.80 Å². The lowest BCUT2D eigenvalue weighted by atomic mass is 10.2. The van der Waals surface area contributed by atoms with E-state index in [4.69, 9.17) is 0 Å². The Bertz CT molecular complexity index is 337. The first-order valence-corrected chi connectivity index (χ1v) is 7.91. The molecule has 1 rings (SSSR count). The highest BCUT2D eigenvalue weighted by Gasteiger charge is 2.12. The lowest BCUT2D eigenvalue weighted by Crippen LogP contribution is -3.19. The van der Waals surface area contributed by atoms with Crippen LogP contribution in [-0.4, -0.2) is 32.7 Å². The summed E-state index contributed by atoms with van der Waals surface area (Å²) in [5.41, 5.74) is 1.42. The van der Waals surface area contributed by atoms with E-state index in [9.17, 15) is 0 Å². The second-order valence-corrected chi connectivity index (χ2v) is 5.68. The molecule has 0 aliphatic rings. The van der Waals surface area contributed by atoms with Crippen LogP contribution in [-0.2, 0) is 6.54 Å². The fraction of sp³-hybridized carbons (Fsp3) is 0.600. The summed E-state index contributed by atoms with van der Waals surface area (Å²) in [6.45, 7) is 14.2. The van der Waals surface area contributed by atoms with Crippen LogP contribution in [0.1, 0.15) is 26.3 Å². The van der Waals surface area contributed by atoms with E-state index in [2.05, 4.69) is 61.0 Å². The van der Waals surface area contributed by atoms with Crippen molar-refractivity contribution in [3.63, 3.8) is 0 Å². The average Bonchev–Trinajstić information content (AvgIpc) is 2.40. The molecule has 0 aromatic heterocycles. The lowest BCUT2D eigenvalue weighted by molar-refractivity contribution is -0.962. The molecular formula is C15H27BrN2+2. The molecule has 0 heterocycles. The Kier molecular flexibility index (Phi) is 7.56. The van der Waals surface area contributed by atoms with Crippen molar-refractivity contribution < 1.29 is 9.80 Å². The van der Waals surface area contributed by atoms with Gasteiger partial charge in [-0.05, 0) is 26.8 Å². The third-order valence-corrected chi connectivity index (χ3v) is 4.50. The molecular weight excluding hydrogens is 288 g/mol. The summed E-state index contributed by atoms with van der Waals surface area (Å²) in [5.74, 6) is 0. The minimum atomic E-state index is 1.12. The van der Waals surface area contributed by atoms with Gasteiger partial charge in [0.2, 0.25) is 0 Å². The van der Waals surface area contributed by atoms with E-state index in [0.29, 0.717) is 0 Å². The van der Waals surface area contributed by atoms with E-state index in [1.54, 1.807) is 9.80 Å². The second kappa shape index (κ2) is 8.68. The van der Waals surface area contributed by atoms with Gasteiger partial charge in [0.25, 0.3) is 0 Å². The van der Waals surface area contributed by atoms with Crippen LogP contribution in [0.25, 0.3) is 0 Å². The lowest BCUT2D eigenvalue weighted by Gasteiger charge is -2.21. The van der Waals surface area contributed by atoms with Gasteiger partial charge in [-0.25, -0.2) is 0 Å². The Labute approximate surface area is 120 Å². The first-order chi connectivity index (χ1) is 8.71. The van der Waals surface area contributed by atoms with E-state index in [1.807, 2.05) is 0 Å². The molecule has 0 bridgehead atoms. The highest BCUT2D eigenvalue weighted by atomic mass is 79.9. The number of halogens is 1. The van der Waals surface area contributed by atoms with E-state index in [1.165, 1.54) is 42.8 Å². The molecule has 0 saturated heterocycles. The molecule has 1 aromatic carbocycles. The van der Waals surface area contributed by atoms with Crippen molar-refractivity contribution in [2.75, 3.05) is 32.7 Å². The molecule has 1 aromatic rings.